The largest absolute Gasteiger partial charge is 0.480 e. The monoisotopic (exact) mass is 243 g/mol. The molecule has 6 heteroatoms. The zero-order valence-electron chi connectivity index (χ0n) is 8.86. The fraction of sp³-hybridized carbons (Fsp3) is 0.400. The second kappa shape index (κ2) is 6.24. The molecule has 2 N–H and O–H groups in total. The van der Waals surface area contributed by atoms with Gasteiger partial charge in [-0.05, 0) is 23.9 Å². The summed E-state index contributed by atoms with van der Waals surface area (Å²) in [6.07, 6.45) is 0. The van der Waals surface area contributed by atoms with Gasteiger partial charge in [0.1, 0.15) is 6.61 Å². The molecule has 0 atom stereocenters. The van der Waals surface area contributed by atoms with Gasteiger partial charge in [0.25, 0.3) is 5.91 Å². The molecule has 16 heavy (non-hydrogen) atoms. The minimum Gasteiger partial charge on any atom is -0.480 e. The first kappa shape index (κ1) is 12.7. The lowest BCUT2D eigenvalue weighted by atomic mass is 10.3. The lowest BCUT2D eigenvalue weighted by Gasteiger charge is -2.04. The summed E-state index contributed by atoms with van der Waals surface area (Å²) < 4.78 is 4.78. The third kappa shape index (κ3) is 4.00. The SMILES string of the molecule is Cc1ccsc1C(=O)NCCOCC(=O)O. The van der Waals surface area contributed by atoms with E-state index in [1.54, 1.807) is 0 Å². The summed E-state index contributed by atoms with van der Waals surface area (Å²) in [6, 6.07) is 1.88. The van der Waals surface area contributed by atoms with Gasteiger partial charge < -0.3 is 15.2 Å². The lowest BCUT2D eigenvalue weighted by Crippen LogP contribution is -2.27. The Balaban J connectivity index is 2.21. The molecule has 1 amide bonds. The predicted octanol–water partition coefficient (Wildman–Crippen LogP) is 0.888. The van der Waals surface area contributed by atoms with Crippen LogP contribution in [-0.2, 0) is 9.53 Å². The van der Waals surface area contributed by atoms with Crippen LogP contribution in [0.1, 0.15) is 15.2 Å². The number of rotatable bonds is 6. The molecule has 0 fully saturated rings. The number of ether oxygens (including phenoxy) is 1. The molecule has 0 spiro atoms. The second-order valence-electron chi connectivity index (χ2n) is 3.13. The number of carboxylic acids is 1. The Morgan fingerprint density at radius 1 is 1.56 bits per heavy atom. The smallest absolute Gasteiger partial charge is 0.329 e. The number of carbonyl (C=O) groups excluding carboxylic acids is 1. The van der Waals surface area contributed by atoms with Crippen molar-refractivity contribution in [2.24, 2.45) is 0 Å². The highest BCUT2D eigenvalue weighted by Crippen LogP contribution is 2.14. The molecule has 0 saturated heterocycles. The van der Waals surface area contributed by atoms with Crippen LogP contribution in [0.5, 0.6) is 0 Å². The highest BCUT2D eigenvalue weighted by atomic mass is 32.1. The Morgan fingerprint density at radius 2 is 2.31 bits per heavy atom. The van der Waals surface area contributed by atoms with E-state index >= 15 is 0 Å². The molecule has 1 aromatic heterocycles. The summed E-state index contributed by atoms with van der Waals surface area (Å²) >= 11 is 1.38. The van der Waals surface area contributed by atoms with Gasteiger partial charge in [-0.1, -0.05) is 0 Å². The summed E-state index contributed by atoms with van der Waals surface area (Å²) in [5.74, 6) is -1.16. The topological polar surface area (TPSA) is 75.6 Å². The van der Waals surface area contributed by atoms with Gasteiger partial charge in [-0.25, -0.2) is 4.79 Å². The molecule has 0 aliphatic rings. The number of hydrogen-bond donors (Lipinski definition) is 2. The van der Waals surface area contributed by atoms with Crippen LogP contribution < -0.4 is 5.32 Å². The normalized spacial score (nSPS) is 10.1. The number of aryl methyl sites for hydroxylation is 1. The quantitative estimate of drug-likeness (QED) is 0.727. The van der Waals surface area contributed by atoms with Gasteiger partial charge in [0, 0.05) is 6.54 Å². The Labute approximate surface area is 97.0 Å². The number of carboxylic acid groups (broad SMARTS) is 1. The third-order valence-electron chi connectivity index (χ3n) is 1.83. The number of carbonyl (C=O) groups is 2. The van der Waals surface area contributed by atoms with E-state index < -0.39 is 5.97 Å². The summed E-state index contributed by atoms with van der Waals surface area (Å²) in [5.41, 5.74) is 0.939. The Hall–Kier alpha value is -1.40. The van der Waals surface area contributed by atoms with Gasteiger partial charge in [-0.15, -0.1) is 11.3 Å². The maximum Gasteiger partial charge on any atom is 0.329 e. The minimum absolute atomic E-state index is 0.147. The molecule has 5 nitrogen and oxygen atoms in total. The Bertz CT molecular complexity index is 375. The van der Waals surface area contributed by atoms with Gasteiger partial charge in [0.05, 0.1) is 11.5 Å². The standard InChI is InChI=1S/C10H13NO4S/c1-7-2-5-16-9(7)10(14)11-3-4-15-6-8(12)13/h2,5H,3-4,6H2,1H3,(H,11,14)(H,12,13). The molecule has 0 unspecified atom stereocenters. The number of hydrogen-bond acceptors (Lipinski definition) is 4. The fourth-order valence-corrected chi connectivity index (χ4v) is 1.92. The lowest BCUT2D eigenvalue weighted by molar-refractivity contribution is -0.142. The summed E-state index contributed by atoms with van der Waals surface area (Å²) in [7, 11) is 0. The Kier molecular flexibility index (Phi) is 4.94. The van der Waals surface area contributed by atoms with E-state index in [9.17, 15) is 9.59 Å². The van der Waals surface area contributed by atoms with Crippen LogP contribution in [0.15, 0.2) is 11.4 Å². The van der Waals surface area contributed by atoms with Gasteiger partial charge in [-0.3, -0.25) is 4.79 Å². The van der Waals surface area contributed by atoms with E-state index in [4.69, 9.17) is 9.84 Å². The molecule has 1 rings (SSSR count). The molecule has 1 heterocycles. The average Bonchev–Trinajstić information content (AvgIpc) is 2.63. The van der Waals surface area contributed by atoms with Crippen LogP contribution in [-0.4, -0.2) is 36.7 Å². The molecular formula is C10H13NO4S. The van der Waals surface area contributed by atoms with Gasteiger partial charge in [0.2, 0.25) is 0 Å². The molecule has 0 aliphatic heterocycles. The molecule has 0 aliphatic carbocycles. The molecule has 0 bridgehead atoms. The van der Waals surface area contributed by atoms with Gasteiger partial charge in [0.15, 0.2) is 0 Å². The summed E-state index contributed by atoms with van der Waals surface area (Å²) in [4.78, 5) is 22.3. The van der Waals surface area contributed by atoms with Gasteiger partial charge >= 0.3 is 5.97 Å². The van der Waals surface area contributed by atoms with Crippen molar-refractivity contribution in [3.63, 3.8) is 0 Å². The van der Waals surface area contributed by atoms with Crippen molar-refractivity contribution in [1.29, 1.82) is 0 Å². The van der Waals surface area contributed by atoms with Crippen molar-refractivity contribution in [1.82, 2.24) is 5.32 Å². The predicted molar refractivity (Wildman–Crippen MR) is 59.8 cm³/mol. The highest BCUT2D eigenvalue weighted by Gasteiger charge is 2.09. The van der Waals surface area contributed by atoms with Gasteiger partial charge in [-0.2, -0.15) is 0 Å². The van der Waals surface area contributed by atoms with Crippen LogP contribution in [0.3, 0.4) is 0 Å². The molecule has 88 valence electrons. The fourth-order valence-electron chi connectivity index (χ4n) is 1.08. The zero-order chi connectivity index (χ0) is 12.0. The van der Waals surface area contributed by atoms with Crippen LogP contribution in [0.25, 0.3) is 0 Å². The van der Waals surface area contributed by atoms with Crippen molar-refractivity contribution in [3.8, 4) is 0 Å². The molecular weight excluding hydrogens is 230 g/mol. The van der Waals surface area contributed by atoms with Crippen molar-refractivity contribution < 1.29 is 19.4 Å². The van der Waals surface area contributed by atoms with E-state index in [1.165, 1.54) is 11.3 Å². The van der Waals surface area contributed by atoms with Crippen molar-refractivity contribution in [3.05, 3.63) is 21.9 Å². The number of amides is 1. The zero-order valence-corrected chi connectivity index (χ0v) is 9.67. The highest BCUT2D eigenvalue weighted by molar-refractivity contribution is 7.12. The third-order valence-corrected chi connectivity index (χ3v) is 2.84. The van der Waals surface area contributed by atoms with E-state index in [2.05, 4.69) is 5.32 Å². The van der Waals surface area contributed by atoms with Crippen LogP contribution in [0.2, 0.25) is 0 Å². The van der Waals surface area contributed by atoms with E-state index in [0.717, 1.165) is 5.56 Å². The number of aliphatic carboxylic acids is 1. The summed E-state index contributed by atoms with van der Waals surface area (Å²) in [5, 5.41) is 12.8. The second-order valence-corrected chi connectivity index (χ2v) is 4.05. The van der Waals surface area contributed by atoms with E-state index in [-0.39, 0.29) is 19.1 Å². The first-order valence-electron chi connectivity index (χ1n) is 4.73. The maximum absolute atomic E-state index is 11.6. The number of nitrogens with one attached hydrogen (secondary N) is 1. The van der Waals surface area contributed by atoms with Crippen molar-refractivity contribution in [2.75, 3.05) is 19.8 Å². The van der Waals surface area contributed by atoms with Crippen LogP contribution in [0, 0.1) is 6.92 Å². The van der Waals surface area contributed by atoms with Crippen LogP contribution in [0.4, 0.5) is 0 Å². The Morgan fingerprint density at radius 3 is 2.88 bits per heavy atom. The first-order chi connectivity index (χ1) is 7.61. The van der Waals surface area contributed by atoms with Crippen LogP contribution >= 0.6 is 11.3 Å². The van der Waals surface area contributed by atoms with Crippen molar-refractivity contribution in [2.45, 2.75) is 6.92 Å². The average molecular weight is 243 g/mol. The van der Waals surface area contributed by atoms with E-state index in [1.807, 2.05) is 18.4 Å². The first-order valence-corrected chi connectivity index (χ1v) is 5.61. The van der Waals surface area contributed by atoms with Crippen molar-refractivity contribution >= 4 is 23.2 Å². The minimum atomic E-state index is -1.01. The summed E-state index contributed by atoms with van der Waals surface area (Å²) in [6.45, 7) is 2.03. The molecule has 0 saturated carbocycles. The molecule has 0 aromatic carbocycles. The van der Waals surface area contributed by atoms with E-state index in [0.29, 0.717) is 11.4 Å². The number of thiophene rings is 1. The maximum atomic E-state index is 11.6. The molecule has 0 radical (unpaired) electrons. The molecule has 1 aromatic rings.